The summed E-state index contributed by atoms with van der Waals surface area (Å²) < 4.78 is 0. The van der Waals surface area contributed by atoms with E-state index in [0.717, 1.165) is 13.1 Å². The summed E-state index contributed by atoms with van der Waals surface area (Å²) in [6.07, 6.45) is 0. The van der Waals surface area contributed by atoms with E-state index in [9.17, 15) is 0 Å². The Balaban J connectivity index is 4.40. The summed E-state index contributed by atoms with van der Waals surface area (Å²) in [5.41, 5.74) is 0.829. The van der Waals surface area contributed by atoms with Gasteiger partial charge in [-0.2, -0.15) is 0 Å². The van der Waals surface area contributed by atoms with Crippen LogP contribution in [0.1, 0.15) is 62.3 Å². The molecule has 2 nitrogen and oxygen atoms in total. The fraction of sp³-hybridized carbons (Fsp3) is 1.00. The second kappa shape index (κ2) is 5.92. The smallest absolute Gasteiger partial charge is 0.0113 e. The first-order valence-electron chi connectivity index (χ1n) is 7.20. The highest BCUT2D eigenvalue weighted by Crippen LogP contribution is 2.26. The number of nitrogens with one attached hydrogen (secondary N) is 1. The monoisotopic (exact) mass is 256 g/mol. The number of hydrogen-bond acceptors (Lipinski definition) is 2. The highest BCUT2D eigenvalue weighted by Gasteiger charge is 2.29. The molecule has 1 atom stereocenters. The molecule has 110 valence electrons. The molecular formula is C16H36N2. The molecule has 0 aliphatic heterocycles. The van der Waals surface area contributed by atoms with Crippen LogP contribution in [0.5, 0.6) is 0 Å². The van der Waals surface area contributed by atoms with E-state index in [1.807, 2.05) is 0 Å². The molecule has 0 saturated heterocycles. The van der Waals surface area contributed by atoms with Gasteiger partial charge in [0.15, 0.2) is 0 Å². The first-order chi connectivity index (χ1) is 7.75. The molecule has 1 unspecified atom stereocenters. The molecule has 0 aliphatic rings. The molecule has 0 amide bonds. The van der Waals surface area contributed by atoms with E-state index in [1.54, 1.807) is 0 Å². The molecule has 2 heteroatoms. The zero-order valence-electron chi connectivity index (χ0n) is 14.4. The maximum Gasteiger partial charge on any atom is 0.0113 e. The lowest BCUT2D eigenvalue weighted by atomic mass is 9.85. The van der Waals surface area contributed by atoms with Crippen LogP contribution in [0.3, 0.4) is 0 Å². The van der Waals surface area contributed by atoms with Crippen molar-refractivity contribution in [3.63, 3.8) is 0 Å². The van der Waals surface area contributed by atoms with Crippen molar-refractivity contribution in [3.05, 3.63) is 0 Å². The Kier molecular flexibility index (Phi) is 5.89. The van der Waals surface area contributed by atoms with Gasteiger partial charge in [-0.05, 0) is 45.6 Å². The van der Waals surface area contributed by atoms with E-state index >= 15 is 0 Å². The van der Waals surface area contributed by atoms with E-state index < -0.39 is 0 Å². The van der Waals surface area contributed by atoms with E-state index in [-0.39, 0.29) is 5.54 Å². The van der Waals surface area contributed by atoms with Crippen molar-refractivity contribution in [2.24, 2.45) is 10.8 Å². The zero-order chi connectivity index (χ0) is 14.8. The lowest BCUT2D eigenvalue weighted by Gasteiger charge is -2.40. The van der Waals surface area contributed by atoms with E-state index in [4.69, 9.17) is 0 Å². The van der Waals surface area contributed by atoms with Crippen molar-refractivity contribution in [1.82, 2.24) is 10.2 Å². The topological polar surface area (TPSA) is 15.3 Å². The quantitative estimate of drug-likeness (QED) is 0.805. The van der Waals surface area contributed by atoms with Gasteiger partial charge in [-0.15, -0.1) is 0 Å². The van der Waals surface area contributed by atoms with E-state index in [2.05, 4.69) is 79.6 Å². The van der Waals surface area contributed by atoms with Gasteiger partial charge in [-0.1, -0.05) is 34.6 Å². The van der Waals surface area contributed by atoms with Crippen LogP contribution in [0, 0.1) is 10.8 Å². The Morgan fingerprint density at radius 2 is 1.39 bits per heavy atom. The van der Waals surface area contributed by atoms with Gasteiger partial charge in [0.2, 0.25) is 0 Å². The fourth-order valence-electron chi connectivity index (χ4n) is 2.03. The molecule has 0 fully saturated rings. The first kappa shape index (κ1) is 17.9. The minimum Gasteiger partial charge on any atom is -0.311 e. The Morgan fingerprint density at radius 3 is 1.72 bits per heavy atom. The zero-order valence-corrected chi connectivity index (χ0v) is 14.4. The minimum atomic E-state index is 0.200. The molecule has 0 aromatic rings. The van der Waals surface area contributed by atoms with Crippen LogP contribution in [0.15, 0.2) is 0 Å². The molecule has 0 aliphatic carbocycles. The van der Waals surface area contributed by atoms with Gasteiger partial charge in [0.25, 0.3) is 0 Å². The van der Waals surface area contributed by atoms with Gasteiger partial charge < -0.3 is 10.2 Å². The summed E-state index contributed by atoms with van der Waals surface area (Å²) in [6.45, 7) is 22.8. The third-order valence-electron chi connectivity index (χ3n) is 3.69. The summed E-state index contributed by atoms with van der Waals surface area (Å²) in [4.78, 5) is 2.49. The molecular weight excluding hydrogens is 220 g/mol. The molecule has 1 N–H and O–H groups in total. The summed E-state index contributed by atoms with van der Waals surface area (Å²) in [6, 6.07) is 0.589. The molecule has 0 radical (unpaired) electrons. The minimum absolute atomic E-state index is 0.200. The summed E-state index contributed by atoms with van der Waals surface area (Å²) in [5.74, 6) is 0. The Labute approximate surface area is 116 Å². The number of hydrogen-bond donors (Lipinski definition) is 1. The number of rotatable bonds is 5. The van der Waals surface area contributed by atoms with Gasteiger partial charge in [0.1, 0.15) is 0 Å². The average Bonchev–Trinajstić information content (AvgIpc) is 2.10. The standard InChI is InChI=1S/C16H36N2/c1-13(14(2,3)4)18(10)12-16(8,9)11-17-15(5,6)7/h13,17H,11-12H2,1-10H3. The van der Waals surface area contributed by atoms with Crippen molar-refractivity contribution in [2.75, 3.05) is 20.1 Å². The molecule has 0 saturated carbocycles. The lowest BCUT2D eigenvalue weighted by Crippen LogP contribution is -2.49. The third kappa shape index (κ3) is 7.38. The highest BCUT2D eigenvalue weighted by atomic mass is 15.1. The highest BCUT2D eigenvalue weighted by molar-refractivity contribution is 4.84. The lowest BCUT2D eigenvalue weighted by molar-refractivity contribution is 0.0946. The van der Waals surface area contributed by atoms with Crippen LogP contribution >= 0.6 is 0 Å². The predicted molar refractivity (Wildman–Crippen MR) is 83.1 cm³/mol. The van der Waals surface area contributed by atoms with Crippen molar-refractivity contribution in [1.29, 1.82) is 0 Å². The second-order valence-corrected chi connectivity index (χ2v) is 8.72. The van der Waals surface area contributed by atoms with Crippen molar-refractivity contribution < 1.29 is 0 Å². The van der Waals surface area contributed by atoms with Crippen LogP contribution in [0.25, 0.3) is 0 Å². The first-order valence-corrected chi connectivity index (χ1v) is 7.20. The molecule has 0 spiro atoms. The van der Waals surface area contributed by atoms with Gasteiger partial charge in [0, 0.05) is 24.7 Å². The maximum absolute atomic E-state index is 3.62. The fourth-order valence-corrected chi connectivity index (χ4v) is 2.03. The largest absolute Gasteiger partial charge is 0.311 e. The third-order valence-corrected chi connectivity index (χ3v) is 3.69. The van der Waals surface area contributed by atoms with Crippen molar-refractivity contribution in [3.8, 4) is 0 Å². The predicted octanol–water partition coefficient (Wildman–Crippen LogP) is 3.77. The van der Waals surface area contributed by atoms with Gasteiger partial charge in [0.05, 0.1) is 0 Å². The normalized spacial score (nSPS) is 16.2. The van der Waals surface area contributed by atoms with Crippen LogP contribution in [-0.4, -0.2) is 36.6 Å². The van der Waals surface area contributed by atoms with Crippen LogP contribution in [-0.2, 0) is 0 Å². The molecule has 0 aromatic heterocycles. The van der Waals surface area contributed by atoms with Crippen LogP contribution < -0.4 is 5.32 Å². The number of nitrogens with zero attached hydrogens (tertiary/aromatic N) is 1. The molecule has 0 bridgehead atoms. The summed E-state index contributed by atoms with van der Waals surface area (Å²) in [5, 5.41) is 3.62. The van der Waals surface area contributed by atoms with Gasteiger partial charge in [-0.3, -0.25) is 0 Å². The van der Waals surface area contributed by atoms with Crippen molar-refractivity contribution in [2.45, 2.75) is 73.9 Å². The molecule has 18 heavy (non-hydrogen) atoms. The van der Waals surface area contributed by atoms with Gasteiger partial charge >= 0.3 is 0 Å². The van der Waals surface area contributed by atoms with Crippen LogP contribution in [0.4, 0.5) is 0 Å². The van der Waals surface area contributed by atoms with E-state index in [0.29, 0.717) is 16.9 Å². The van der Waals surface area contributed by atoms with Crippen molar-refractivity contribution >= 4 is 0 Å². The Hall–Kier alpha value is -0.0800. The summed E-state index contributed by atoms with van der Waals surface area (Å²) >= 11 is 0. The van der Waals surface area contributed by atoms with Crippen LogP contribution in [0.2, 0.25) is 0 Å². The Morgan fingerprint density at radius 1 is 0.944 bits per heavy atom. The Bertz CT molecular complexity index is 243. The SMILES string of the molecule is CC(N(C)CC(C)(C)CNC(C)(C)C)C(C)(C)C. The molecule has 0 aromatic carbocycles. The maximum atomic E-state index is 3.62. The molecule has 0 heterocycles. The second-order valence-electron chi connectivity index (χ2n) is 8.72. The average molecular weight is 256 g/mol. The summed E-state index contributed by atoms with van der Waals surface area (Å²) in [7, 11) is 2.24. The van der Waals surface area contributed by atoms with Gasteiger partial charge in [-0.25, -0.2) is 0 Å². The molecule has 0 rings (SSSR count). The van der Waals surface area contributed by atoms with E-state index in [1.165, 1.54) is 0 Å².